The lowest BCUT2D eigenvalue weighted by atomic mass is 10.1. The Balaban J connectivity index is 2.77. The molecule has 0 spiro atoms. The highest BCUT2D eigenvalue weighted by atomic mass is 16.7. The molecule has 0 aliphatic heterocycles. The van der Waals surface area contributed by atoms with Gasteiger partial charge in [0.2, 0.25) is 0 Å². The minimum atomic E-state index is -1.26. The second-order valence-electron chi connectivity index (χ2n) is 2.81. The van der Waals surface area contributed by atoms with Crippen molar-refractivity contribution >= 4 is 6.16 Å². The van der Waals surface area contributed by atoms with E-state index in [1.807, 2.05) is 30.3 Å². The predicted octanol–water partition coefficient (Wildman–Crippen LogP) is 3.00. The van der Waals surface area contributed by atoms with Gasteiger partial charge in [-0.1, -0.05) is 36.4 Å². The number of carbonyl (C=O) groups is 1. The van der Waals surface area contributed by atoms with Crippen LogP contribution in [0.3, 0.4) is 0 Å². The van der Waals surface area contributed by atoms with Crippen molar-refractivity contribution in [1.29, 1.82) is 0 Å². The van der Waals surface area contributed by atoms with Crippen LogP contribution in [0.1, 0.15) is 18.1 Å². The molecule has 1 aromatic rings. The highest BCUT2D eigenvalue weighted by Gasteiger charge is 2.13. The van der Waals surface area contributed by atoms with Gasteiger partial charge in [-0.05, 0) is 5.56 Å². The van der Waals surface area contributed by atoms with E-state index in [1.165, 1.54) is 0 Å². The van der Waals surface area contributed by atoms with Gasteiger partial charge in [0, 0.05) is 6.42 Å². The van der Waals surface area contributed by atoms with E-state index in [2.05, 4.69) is 6.58 Å². The molecule has 0 saturated heterocycles. The van der Waals surface area contributed by atoms with Crippen molar-refractivity contribution in [3.8, 4) is 0 Å². The highest BCUT2D eigenvalue weighted by molar-refractivity contribution is 5.57. The van der Waals surface area contributed by atoms with Crippen LogP contribution in [0.15, 0.2) is 43.0 Å². The van der Waals surface area contributed by atoms with Gasteiger partial charge in [-0.3, -0.25) is 0 Å². The van der Waals surface area contributed by atoms with E-state index < -0.39 is 12.3 Å². The molecule has 1 N–H and O–H groups in total. The average molecular weight is 192 g/mol. The maximum atomic E-state index is 10.4. The summed E-state index contributed by atoms with van der Waals surface area (Å²) in [7, 11) is 0. The van der Waals surface area contributed by atoms with Gasteiger partial charge in [0.05, 0.1) is 0 Å². The zero-order chi connectivity index (χ0) is 10.4. The van der Waals surface area contributed by atoms with Gasteiger partial charge in [0.15, 0.2) is 0 Å². The highest BCUT2D eigenvalue weighted by Crippen LogP contribution is 2.21. The maximum Gasteiger partial charge on any atom is 0.506 e. The normalized spacial score (nSPS) is 11.7. The fourth-order valence-electron chi connectivity index (χ4n) is 1.19. The van der Waals surface area contributed by atoms with E-state index in [1.54, 1.807) is 6.08 Å². The topological polar surface area (TPSA) is 46.5 Å². The number of hydrogen-bond donors (Lipinski definition) is 1. The van der Waals surface area contributed by atoms with Gasteiger partial charge in [-0.25, -0.2) is 4.79 Å². The summed E-state index contributed by atoms with van der Waals surface area (Å²) in [6, 6.07) is 9.22. The first-order chi connectivity index (χ1) is 6.74. The van der Waals surface area contributed by atoms with Crippen LogP contribution in [-0.4, -0.2) is 11.3 Å². The third-order valence-corrected chi connectivity index (χ3v) is 1.80. The maximum absolute atomic E-state index is 10.4. The van der Waals surface area contributed by atoms with Gasteiger partial charge < -0.3 is 9.84 Å². The monoisotopic (exact) mass is 192 g/mol. The zero-order valence-corrected chi connectivity index (χ0v) is 7.72. The van der Waals surface area contributed by atoms with E-state index in [9.17, 15) is 4.79 Å². The summed E-state index contributed by atoms with van der Waals surface area (Å²) in [6.45, 7) is 3.56. The van der Waals surface area contributed by atoms with Crippen LogP contribution < -0.4 is 0 Å². The van der Waals surface area contributed by atoms with Crippen molar-refractivity contribution in [2.75, 3.05) is 0 Å². The number of rotatable bonds is 4. The average Bonchev–Trinajstić information content (AvgIpc) is 2.18. The number of ether oxygens (including phenoxy) is 1. The van der Waals surface area contributed by atoms with Crippen LogP contribution in [0, 0.1) is 0 Å². The van der Waals surface area contributed by atoms with E-state index in [-0.39, 0.29) is 0 Å². The molecule has 0 radical (unpaired) electrons. The van der Waals surface area contributed by atoms with Crippen LogP contribution >= 0.6 is 0 Å². The molecule has 3 nitrogen and oxygen atoms in total. The lowest BCUT2D eigenvalue weighted by Gasteiger charge is -2.13. The molecule has 0 amide bonds. The minimum absolute atomic E-state index is 0.453. The zero-order valence-electron chi connectivity index (χ0n) is 7.72. The fourth-order valence-corrected chi connectivity index (χ4v) is 1.19. The fraction of sp³-hybridized carbons (Fsp3) is 0.182. The molecule has 0 aromatic heterocycles. The van der Waals surface area contributed by atoms with Crippen LogP contribution in [0.4, 0.5) is 4.79 Å². The Kier molecular flexibility index (Phi) is 3.73. The summed E-state index contributed by atoms with van der Waals surface area (Å²) in [5, 5.41) is 8.52. The van der Waals surface area contributed by atoms with Gasteiger partial charge in [-0.2, -0.15) is 0 Å². The lowest BCUT2D eigenvalue weighted by molar-refractivity contribution is 0.0524. The first-order valence-electron chi connectivity index (χ1n) is 4.29. The Morgan fingerprint density at radius 3 is 2.64 bits per heavy atom. The molecule has 0 bridgehead atoms. The first-order valence-corrected chi connectivity index (χ1v) is 4.29. The van der Waals surface area contributed by atoms with E-state index in [0.717, 1.165) is 5.56 Å². The van der Waals surface area contributed by atoms with Gasteiger partial charge >= 0.3 is 6.16 Å². The molecule has 14 heavy (non-hydrogen) atoms. The van der Waals surface area contributed by atoms with Crippen molar-refractivity contribution < 1.29 is 14.6 Å². The molecule has 0 heterocycles. The second-order valence-corrected chi connectivity index (χ2v) is 2.81. The second kappa shape index (κ2) is 5.07. The smallest absolute Gasteiger partial charge is 0.450 e. The minimum Gasteiger partial charge on any atom is -0.450 e. The van der Waals surface area contributed by atoms with Crippen LogP contribution in [0.25, 0.3) is 0 Å². The first kappa shape index (κ1) is 10.3. The van der Waals surface area contributed by atoms with E-state index in [0.29, 0.717) is 6.42 Å². The largest absolute Gasteiger partial charge is 0.506 e. The van der Waals surface area contributed by atoms with Gasteiger partial charge in [0.1, 0.15) is 6.10 Å². The molecule has 0 saturated carbocycles. The number of carboxylic acid groups (broad SMARTS) is 1. The molecule has 1 rings (SSSR count). The van der Waals surface area contributed by atoms with E-state index >= 15 is 0 Å². The third kappa shape index (κ3) is 2.94. The Morgan fingerprint density at radius 1 is 1.50 bits per heavy atom. The van der Waals surface area contributed by atoms with Crippen molar-refractivity contribution in [3.63, 3.8) is 0 Å². The summed E-state index contributed by atoms with van der Waals surface area (Å²) in [6.07, 6.45) is 0.406. The molecule has 0 fully saturated rings. The summed E-state index contributed by atoms with van der Waals surface area (Å²) < 4.78 is 4.72. The summed E-state index contributed by atoms with van der Waals surface area (Å²) in [5.41, 5.74) is 0.842. The van der Waals surface area contributed by atoms with Crippen molar-refractivity contribution in [2.45, 2.75) is 12.5 Å². The molecule has 74 valence electrons. The van der Waals surface area contributed by atoms with Crippen molar-refractivity contribution in [2.24, 2.45) is 0 Å². The molecule has 3 heteroatoms. The Hall–Kier alpha value is -1.77. The Bertz CT molecular complexity index is 306. The number of benzene rings is 1. The number of hydrogen-bond acceptors (Lipinski definition) is 2. The van der Waals surface area contributed by atoms with Gasteiger partial charge in [0.25, 0.3) is 0 Å². The van der Waals surface area contributed by atoms with Crippen LogP contribution in [-0.2, 0) is 4.74 Å². The standard InChI is InChI=1S/C11H12O3/c1-2-6-10(14-11(12)13)9-7-4-3-5-8-9/h2-5,7-8,10H,1,6H2,(H,12,13). The summed E-state index contributed by atoms with van der Waals surface area (Å²) in [4.78, 5) is 10.4. The van der Waals surface area contributed by atoms with Crippen LogP contribution in [0.5, 0.6) is 0 Å². The molecule has 1 unspecified atom stereocenters. The van der Waals surface area contributed by atoms with Crippen molar-refractivity contribution in [1.82, 2.24) is 0 Å². The molecule has 1 aromatic carbocycles. The summed E-state index contributed by atoms with van der Waals surface area (Å²) >= 11 is 0. The lowest BCUT2D eigenvalue weighted by Crippen LogP contribution is -2.08. The van der Waals surface area contributed by atoms with E-state index in [4.69, 9.17) is 9.84 Å². The third-order valence-electron chi connectivity index (χ3n) is 1.80. The summed E-state index contributed by atoms with van der Waals surface area (Å²) in [5.74, 6) is 0. The Morgan fingerprint density at radius 2 is 2.14 bits per heavy atom. The predicted molar refractivity (Wildman–Crippen MR) is 53.1 cm³/mol. The SMILES string of the molecule is C=CCC(OC(=O)O)c1ccccc1. The van der Waals surface area contributed by atoms with Crippen LogP contribution in [0.2, 0.25) is 0 Å². The van der Waals surface area contributed by atoms with Gasteiger partial charge in [-0.15, -0.1) is 6.58 Å². The Labute approximate surface area is 82.6 Å². The molecule has 0 aliphatic rings. The molecular weight excluding hydrogens is 180 g/mol. The quantitative estimate of drug-likeness (QED) is 0.589. The molecule has 1 atom stereocenters. The van der Waals surface area contributed by atoms with Crippen molar-refractivity contribution in [3.05, 3.63) is 48.6 Å². The molecule has 0 aliphatic carbocycles. The molecular formula is C11H12O3.